The molecule has 0 saturated carbocycles. The van der Waals surface area contributed by atoms with E-state index in [-0.39, 0.29) is 17.4 Å². The van der Waals surface area contributed by atoms with E-state index in [9.17, 15) is 14.4 Å². The summed E-state index contributed by atoms with van der Waals surface area (Å²) in [5.41, 5.74) is 11.3. The second-order valence-electron chi connectivity index (χ2n) is 6.86. The molecule has 180 valence electrons. The van der Waals surface area contributed by atoms with Crippen LogP contribution in [-0.4, -0.2) is 47.0 Å². The molecule has 9 nitrogen and oxygen atoms in total. The molecule has 1 N–H and O–H groups in total. The van der Waals surface area contributed by atoms with Gasteiger partial charge in [0.05, 0.1) is 18.8 Å². The summed E-state index contributed by atoms with van der Waals surface area (Å²) < 4.78 is 14.7. The number of hydrogen-bond donors (Lipinski definition) is 1. The van der Waals surface area contributed by atoms with Gasteiger partial charge in [-0.1, -0.05) is 30.3 Å². The van der Waals surface area contributed by atoms with E-state index in [1.807, 2.05) is 25.1 Å². The van der Waals surface area contributed by atoms with E-state index in [0.717, 1.165) is 22.1 Å². The summed E-state index contributed by atoms with van der Waals surface area (Å²) in [5.74, 6) is -0.834. The number of nitrogens with zero attached hydrogens (tertiary/aromatic N) is 2. The number of aryl methyl sites for hydroxylation is 2. The number of para-hydroxylation sites is 2. The largest absolute Gasteiger partial charge is 0.507 e. The Bertz CT molecular complexity index is 1190. The van der Waals surface area contributed by atoms with Crippen LogP contribution in [0.5, 0.6) is 5.75 Å². The van der Waals surface area contributed by atoms with E-state index in [4.69, 9.17) is 19.8 Å². The molecule has 0 saturated heterocycles. The predicted molar refractivity (Wildman–Crippen MR) is 126 cm³/mol. The molecule has 0 fully saturated rings. The van der Waals surface area contributed by atoms with Crippen LogP contribution in [0.2, 0.25) is 0 Å². The fraction of sp³-hybridized carbons (Fsp3) is 0.280. The lowest BCUT2D eigenvalue weighted by molar-refractivity contribution is -0.139. The van der Waals surface area contributed by atoms with Gasteiger partial charge in [0.1, 0.15) is 23.2 Å². The smallest absolute Gasteiger partial charge is 0.416 e. The first-order valence-electron chi connectivity index (χ1n) is 10.4. The second-order valence-corrected chi connectivity index (χ2v) is 6.86. The number of hydrogen-bond acceptors (Lipinski definition) is 7. The third-order valence-electron chi connectivity index (χ3n) is 4.41. The lowest BCUT2D eigenvalue weighted by atomic mass is 10.1. The van der Waals surface area contributed by atoms with Crippen molar-refractivity contribution in [2.24, 2.45) is 0 Å². The van der Waals surface area contributed by atoms with Crippen molar-refractivity contribution < 1.29 is 38.2 Å². The summed E-state index contributed by atoms with van der Waals surface area (Å²) >= 11 is 0. The molecule has 0 bridgehead atoms. The van der Waals surface area contributed by atoms with Crippen LogP contribution in [0, 0.1) is 13.8 Å². The third kappa shape index (κ3) is 7.72. The molecule has 0 amide bonds. The molecule has 3 rings (SSSR count). The summed E-state index contributed by atoms with van der Waals surface area (Å²) in [6, 6.07) is 10.8. The molecule has 0 unspecified atom stereocenters. The van der Waals surface area contributed by atoms with Crippen molar-refractivity contribution in [1.82, 2.24) is 0 Å². The number of furan rings is 1. The number of benzene rings is 2. The molecule has 0 aliphatic rings. The molecule has 0 atom stereocenters. The first-order chi connectivity index (χ1) is 16.2. The molecular formula is C25H28N2O7. The fourth-order valence-electron chi connectivity index (χ4n) is 2.62. The number of carbonyl (C=O) groups excluding carboxylic acids is 3. The highest BCUT2D eigenvalue weighted by Crippen LogP contribution is 2.24. The lowest BCUT2D eigenvalue weighted by Crippen LogP contribution is -2.14. The summed E-state index contributed by atoms with van der Waals surface area (Å²) in [6.45, 7) is 9.21. The summed E-state index contributed by atoms with van der Waals surface area (Å²) in [7, 11) is 0. The minimum absolute atomic E-state index is 0.0307. The molecule has 2 aromatic carbocycles. The highest BCUT2D eigenvalue weighted by molar-refractivity contribution is 6.32. The number of ether oxygens (including phenoxy) is 2. The van der Waals surface area contributed by atoms with Gasteiger partial charge in [-0.3, -0.25) is 4.79 Å². The van der Waals surface area contributed by atoms with Crippen LogP contribution in [0.25, 0.3) is 16.5 Å². The Morgan fingerprint density at radius 3 is 2.24 bits per heavy atom. The molecule has 1 heterocycles. The summed E-state index contributed by atoms with van der Waals surface area (Å²) in [4.78, 5) is 34.9. The third-order valence-corrected chi connectivity index (χ3v) is 4.41. The molecule has 0 spiro atoms. The Morgan fingerprint density at radius 2 is 1.68 bits per heavy atom. The minimum Gasteiger partial charge on any atom is -0.507 e. The Morgan fingerprint density at radius 1 is 1.06 bits per heavy atom. The minimum atomic E-state index is -0.583. The summed E-state index contributed by atoms with van der Waals surface area (Å²) in [5, 5.41) is 9.98. The van der Waals surface area contributed by atoms with Crippen molar-refractivity contribution in [2.75, 3.05) is 13.2 Å². The number of aldehydes is 1. The maximum atomic E-state index is 11.5. The van der Waals surface area contributed by atoms with Crippen molar-refractivity contribution in [3.8, 4) is 5.75 Å². The van der Waals surface area contributed by atoms with Gasteiger partial charge < -0.3 is 24.5 Å². The highest BCUT2D eigenvalue weighted by atomic mass is 16.5. The first-order valence-corrected chi connectivity index (χ1v) is 10.4. The van der Waals surface area contributed by atoms with E-state index in [2.05, 4.69) is 9.53 Å². The van der Waals surface area contributed by atoms with Gasteiger partial charge >= 0.3 is 17.7 Å². The Hall–Kier alpha value is -4.23. The topological polar surface area (TPSA) is 139 Å². The first kappa shape index (κ1) is 27.8. The average molecular weight is 469 g/mol. The van der Waals surface area contributed by atoms with E-state index >= 15 is 0 Å². The standard InChI is InChI=1S/C12H12O3.C8H8O2.C5H8N2O2/c1-3-14-12(13)10-7-15-11-8(2)5-4-6-9(10)11;1-6-3-2-4-7(5-9)8(6)10;1-3-9-5(8)4(2)7-6/h4-7H,3H2,1-2H3;2-5,10H,1H3;3H2,1-2H3. The summed E-state index contributed by atoms with van der Waals surface area (Å²) in [6.07, 6.45) is 2.10. The van der Waals surface area contributed by atoms with Gasteiger partial charge in [0.2, 0.25) is 0 Å². The maximum Gasteiger partial charge on any atom is 0.416 e. The number of phenolic OH excluding ortho intramolecular Hbond substituents is 1. The van der Waals surface area contributed by atoms with Gasteiger partial charge in [-0.15, -0.1) is 0 Å². The van der Waals surface area contributed by atoms with Crippen molar-refractivity contribution >= 4 is 34.9 Å². The quantitative estimate of drug-likeness (QED) is 0.189. The fourth-order valence-corrected chi connectivity index (χ4v) is 2.62. The molecule has 1 aromatic heterocycles. The Labute approximate surface area is 197 Å². The number of esters is 2. The van der Waals surface area contributed by atoms with Gasteiger partial charge in [-0.25, -0.2) is 9.59 Å². The van der Waals surface area contributed by atoms with Crippen LogP contribution in [0.3, 0.4) is 0 Å². The monoisotopic (exact) mass is 468 g/mol. The second kappa shape index (κ2) is 14.0. The molecule has 9 heteroatoms. The van der Waals surface area contributed by atoms with Crippen molar-refractivity contribution in [1.29, 1.82) is 0 Å². The zero-order valence-electron chi connectivity index (χ0n) is 19.8. The normalized spacial score (nSPS) is 9.44. The SMILES string of the molecule is CCOC(=O)C(C)=[N+]=[N-].CCOC(=O)c1coc2c(C)cccc12.Cc1cccc(C=O)c1O. The number of carbonyl (C=O) groups is 3. The zero-order valence-corrected chi connectivity index (χ0v) is 19.8. The van der Waals surface area contributed by atoms with Crippen LogP contribution >= 0.6 is 0 Å². The maximum absolute atomic E-state index is 11.5. The molecule has 0 aliphatic heterocycles. The number of fused-ring (bicyclic) bond motifs is 1. The van der Waals surface area contributed by atoms with Gasteiger partial charge in [-0.05, 0) is 44.9 Å². The van der Waals surface area contributed by atoms with Crippen molar-refractivity contribution in [2.45, 2.75) is 34.6 Å². The van der Waals surface area contributed by atoms with E-state index in [1.165, 1.54) is 13.2 Å². The van der Waals surface area contributed by atoms with Gasteiger partial charge in [-0.2, -0.15) is 4.79 Å². The van der Waals surface area contributed by atoms with Crippen LogP contribution in [0.1, 0.15) is 52.6 Å². The van der Waals surface area contributed by atoms with E-state index < -0.39 is 5.97 Å². The van der Waals surface area contributed by atoms with E-state index in [0.29, 0.717) is 30.6 Å². The van der Waals surface area contributed by atoms with Crippen LogP contribution in [-0.2, 0) is 14.3 Å². The Kier molecular flexibility index (Phi) is 11.5. The molecule has 3 aromatic rings. The molecular weight excluding hydrogens is 440 g/mol. The zero-order chi connectivity index (χ0) is 25.7. The number of phenols is 1. The Balaban J connectivity index is 0.000000268. The van der Waals surface area contributed by atoms with Gasteiger partial charge in [0.15, 0.2) is 6.29 Å². The highest BCUT2D eigenvalue weighted by Gasteiger charge is 2.15. The lowest BCUT2D eigenvalue weighted by Gasteiger charge is -1.98. The number of aromatic hydroxyl groups is 1. The molecule has 0 aliphatic carbocycles. The predicted octanol–water partition coefficient (Wildman–Crippen LogP) is 4.67. The molecule has 0 radical (unpaired) electrons. The van der Waals surface area contributed by atoms with Crippen molar-refractivity contribution in [3.63, 3.8) is 0 Å². The number of rotatable bonds is 5. The van der Waals surface area contributed by atoms with Crippen LogP contribution in [0.4, 0.5) is 0 Å². The van der Waals surface area contributed by atoms with Crippen molar-refractivity contribution in [3.05, 3.63) is 70.4 Å². The van der Waals surface area contributed by atoms with Gasteiger partial charge in [0.25, 0.3) is 0 Å². The van der Waals surface area contributed by atoms with E-state index in [1.54, 1.807) is 39.0 Å². The van der Waals surface area contributed by atoms with Crippen LogP contribution < -0.4 is 0 Å². The van der Waals surface area contributed by atoms with Crippen LogP contribution in [0.15, 0.2) is 47.1 Å². The van der Waals surface area contributed by atoms with Gasteiger partial charge in [0, 0.05) is 12.3 Å². The average Bonchev–Trinajstić information content (AvgIpc) is 3.27. The molecule has 34 heavy (non-hydrogen) atoms.